The molecule has 12 heteroatoms. The van der Waals surface area contributed by atoms with Crippen molar-refractivity contribution >= 4 is 17.4 Å². The van der Waals surface area contributed by atoms with Gasteiger partial charge in [0, 0.05) is 11.4 Å². The van der Waals surface area contributed by atoms with Gasteiger partial charge in [-0.05, 0) is 60.7 Å². The number of hydrogen-bond donors (Lipinski definition) is 2. The van der Waals surface area contributed by atoms with Gasteiger partial charge in [-0.25, -0.2) is 4.79 Å². The molecule has 0 fully saturated rings. The third kappa shape index (κ3) is 6.42. The molecule has 3 aromatic carbocycles. The molecular weight excluding hydrogens is 478 g/mol. The molecule has 0 radical (unpaired) electrons. The second-order valence-electron chi connectivity index (χ2n) is 6.93. The summed E-state index contributed by atoms with van der Waals surface area (Å²) in [6, 6.07) is 13.2. The number of benzene rings is 3. The summed E-state index contributed by atoms with van der Waals surface area (Å²) in [7, 11) is 0. The summed E-state index contributed by atoms with van der Waals surface area (Å²) in [6.07, 6.45) is -10.1. The van der Waals surface area contributed by atoms with E-state index < -0.39 is 35.2 Å². The molecule has 0 atom stereocenters. The first-order chi connectivity index (χ1) is 16.4. The van der Waals surface area contributed by atoms with Gasteiger partial charge in [0.1, 0.15) is 23.6 Å². The van der Waals surface area contributed by atoms with Gasteiger partial charge in [0.05, 0.1) is 22.3 Å². The Kier molecular flexibility index (Phi) is 6.87. The normalized spacial score (nSPS) is 11.2. The monoisotopic (exact) mass is 490 g/mol. The van der Waals surface area contributed by atoms with Gasteiger partial charge in [0.2, 0.25) is 0 Å². The van der Waals surface area contributed by atoms with E-state index in [2.05, 4.69) is 5.32 Å². The molecule has 0 heterocycles. The second-order valence-corrected chi connectivity index (χ2v) is 6.93. The van der Waals surface area contributed by atoms with Crippen LogP contribution >= 0.6 is 0 Å². The Hall–Kier alpha value is -4.71. The Morgan fingerprint density at radius 2 is 1.20 bits per heavy atom. The zero-order valence-electron chi connectivity index (χ0n) is 17.3. The topological polar surface area (TPSA) is 97.9 Å². The van der Waals surface area contributed by atoms with E-state index in [9.17, 15) is 31.1 Å². The number of nitrogens with zero attached hydrogens (tertiary/aromatic N) is 2. The van der Waals surface area contributed by atoms with Crippen LogP contribution in [0.1, 0.15) is 22.3 Å². The fraction of sp³-hybridized carbons (Fsp3) is 0.0870. The average Bonchev–Trinajstić information content (AvgIpc) is 2.79. The summed E-state index contributed by atoms with van der Waals surface area (Å²) >= 11 is 0. The maximum atomic E-state index is 13.0. The highest BCUT2D eigenvalue weighted by Crippen LogP contribution is 2.37. The SMILES string of the molecule is N#Cc1ccc(Oc2ccc(NC(=O)Nc3cc(C(F)(F)F)cc(C(F)(F)F)c3)cc2)cc1C#N. The lowest BCUT2D eigenvalue weighted by Gasteiger charge is -2.15. The Bertz CT molecular complexity index is 1300. The van der Waals surface area contributed by atoms with Crippen LogP contribution in [0.25, 0.3) is 0 Å². The fourth-order valence-electron chi connectivity index (χ4n) is 2.84. The quantitative estimate of drug-likeness (QED) is 0.389. The van der Waals surface area contributed by atoms with Crippen LogP contribution in [0.5, 0.6) is 11.5 Å². The molecule has 2 N–H and O–H groups in total. The highest BCUT2D eigenvalue weighted by molar-refractivity contribution is 5.99. The van der Waals surface area contributed by atoms with Gasteiger partial charge in [-0.1, -0.05) is 0 Å². The molecule has 35 heavy (non-hydrogen) atoms. The largest absolute Gasteiger partial charge is 0.457 e. The fourth-order valence-corrected chi connectivity index (χ4v) is 2.84. The minimum atomic E-state index is -5.05. The molecule has 3 rings (SSSR count). The Balaban J connectivity index is 1.70. The van der Waals surface area contributed by atoms with Crippen LogP contribution in [0.4, 0.5) is 42.5 Å². The van der Waals surface area contributed by atoms with Gasteiger partial charge < -0.3 is 15.4 Å². The predicted molar refractivity (Wildman–Crippen MR) is 111 cm³/mol. The van der Waals surface area contributed by atoms with E-state index in [4.69, 9.17) is 15.3 Å². The van der Waals surface area contributed by atoms with Crippen molar-refractivity contribution in [2.45, 2.75) is 12.4 Å². The summed E-state index contributed by atoms with van der Waals surface area (Å²) < 4.78 is 83.3. The first-order valence-electron chi connectivity index (χ1n) is 9.48. The van der Waals surface area contributed by atoms with E-state index in [1.807, 2.05) is 17.5 Å². The number of carbonyl (C=O) groups is 1. The number of ether oxygens (including phenoxy) is 1. The number of carbonyl (C=O) groups excluding carboxylic acids is 1. The van der Waals surface area contributed by atoms with Crippen molar-refractivity contribution in [3.8, 4) is 23.6 Å². The van der Waals surface area contributed by atoms with Crippen molar-refractivity contribution in [2.75, 3.05) is 10.6 Å². The molecule has 0 saturated heterocycles. The number of anilines is 2. The Morgan fingerprint density at radius 1 is 0.686 bits per heavy atom. The van der Waals surface area contributed by atoms with Gasteiger partial charge in [-0.2, -0.15) is 36.9 Å². The average molecular weight is 490 g/mol. The number of halogens is 6. The molecule has 0 aliphatic heterocycles. The molecule has 3 aromatic rings. The van der Waals surface area contributed by atoms with E-state index in [-0.39, 0.29) is 34.4 Å². The standard InChI is InChI=1S/C23H12F6N4O2/c24-22(25,26)15-8-16(23(27,28)29)10-18(9-15)33-21(34)32-17-2-5-19(6-3-17)35-20-4-1-13(11-30)14(7-20)12-31/h1-10H,(H2,32,33,34). The van der Waals surface area contributed by atoms with Crippen LogP contribution in [0.3, 0.4) is 0 Å². The van der Waals surface area contributed by atoms with Gasteiger partial charge >= 0.3 is 18.4 Å². The number of urea groups is 1. The minimum Gasteiger partial charge on any atom is -0.457 e. The van der Waals surface area contributed by atoms with Crippen molar-refractivity contribution in [3.05, 3.63) is 82.9 Å². The first-order valence-corrected chi connectivity index (χ1v) is 9.48. The summed E-state index contributed by atoms with van der Waals surface area (Å²) in [5.74, 6) is 0.557. The van der Waals surface area contributed by atoms with Crippen LogP contribution in [-0.2, 0) is 12.4 Å². The number of alkyl halides is 6. The third-order valence-corrected chi connectivity index (χ3v) is 4.43. The summed E-state index contributed by atoms with van der Waals surface area (Å²) in [5.41, 5.74) is -3.37. The lowest BCUT2D eigenvalue weighted by atomic mass is 10.1. The predicted octanol–water partition coefficient (Wildman–Crippen LogP) is 6.90. The molecule has 178 valence electrons. The molecule has 0 aliphatic rings. The molecule has 0 saturated carbocycles. The van der Waals surface area contributed by atoms with E-state index in [0.717, 1.165) is 0 Å². The summed E-state index contributed by atoms with van der Waals surface area (Å²) in [5, 5.41) is 22.2. The molecule has 0 unspecified atom stereocenters. The number of nitriles is 2. The lowest BCUT2D eigenvalue weighted by Crippen LogP contribution is -2.20. The second kappa shape index (κ2) is 9.65. The van der Waals surface area contributed by atoms with Crippen LogP contribution in [0, 0.1) is 22.7 Å². The van der Waals surface area contributed by atoms with Crippen LogP contribution in [0.15, 0.2) is 60.7 Å². The van der Waals surface area contributed by atoms with Crippen LogP contribution in [-0.4, -0.2) is 6.03 Å². The number of nitrogens with one attached hydrogen (secondary N) is 2. The zero-order chi connectivity index (χ0) is 25.8. The van der Waals surface area contributed by atoms with E-state index in [0.29, 0.717) is 12.1 Å². The van der Waals surface area contributed by atoms with E-state index in [1.54, 1.807) is 0 Å². The van der Waals surface area contributed by atoms with Gasteiger partial charge in [-0.15, -0.1) is 0 Å². The Labute approximate surface area is 194 Å². The van der Waals surface area contributed by atoms with Gasteiger partial charge in [0.25, 0.3) is 0 Å². The van der Waals surface area contributed by atoms with Crippen LogP contribution in [0.2, 0.25) is 0 Å². The molecular formula is C23H12F6N4O2. The van der Waals surface area contributed by atoms with Crippen molar-refractivity contribution in [2.24, 2.45) is 0 Å². The molecule has 6 nitrogen and oxygen atoms in total. The summed E-state index contributed by atoms with van der Waals surface area (Å²) in [6.45, 7) is 0. The number of hydrogen-bond acceptors (Lipinski definition) is 4. The molecule has 0 aromatic heterocycles. The highest BCUT2D eigenvalue weighted by atomic mass is 19.4. The number of amides is 2. The summed E-state index contributed by atoms with van der Waals surface area (Å²) in [4.78, 5) is 12.1. The highest BCUT2D eigenvalue weighted by Gasteiger charge is 2.37. The van der Waals surface area contributed by atoms with Gasteiger partial charge in [-0.3, -0.25) is 0 Å². The van der Waals surface area contributed by atoms with E-state index in [1.165, 1.54) is 42.5 Å². The molecule has 2 amide bonds. The zero-order valence-corrected chi connectivity index (χ0v) is 17.3. The molecule has 0 spiro atoms. The van der Waals surface area contributed by atoms with Crippen molar-refractivity contribution in [3.63, 3.8) is 0 Å². The smallest absolute Gasteiger partial charge is 0.416 e. The maximum Gasteiger partial charge on any atom is 0.416 e. The minimum absolute atomic E-state index is 0.0464. The molecule has 0 aliphatic carbocycles. The van der Waals surface area contributed by atoms with Crippen molar-refractivity contribution < 1.29 is 35.9 Å². The third-order valence-electron chi connectivity index (χ3n) is 4.43. The lowest BCUT2D eigenvalue weighted by molar-refractivity contribution is -0.143. The first kappa shape index (κ1) is 24.9. The van der Waals surface area contributed by atoms with Crippen molar-refractivity contribution in [1.29, 1.82) is 10.5 Å². The van der Waals surface area contributed by atoms with Gasteiger partial charge in [0.15, 0.2) is 0 Å². The van der Waals surface area contributed by atoms with Crippen LogP contribution < -0.4 is 15.4 Å². The van der Waals surface area contributed by atoms with E-state index >= 15 is 0 Å². The maximum absolute atomic E-state index is 13.0. The van der Waals surface area contributed by atoms with Crippen molar-refractivity contribution in [1.82, 2.24) is 0 Å². The number of rotatable bonds is 4. The molecule has 0 bridgehead atoms. The Morgan fingerprint density at radius 3 is 1.71 bits per heavy atom.